The van der Waals surface area contributed by atoms with Crippen LogP contribution in [0.15, 0.2) is 35.5 Å². The van der Waals surface area contributed by atoms with Gasteiger partial charge in [-0.25, -0.2) is 23.1 Å². The van der Waals surface area contributed by atoms with Crippen molar-refractivity contribution >= 4 is 15.8 Å². The number of nitrogens with two attached hydrogens (primary N) is 1. The second-order valence-corrected chi connectivity index (χ2v) is 10.3. The molecule has 0 spiro atoms. The van der Waals surface area contributed by atoms with Gasteiger partial charge in [0.25, 0.3) is 0 Å². The smallest absolute Gasteiger partial charge is 0.240 e. The maximum absolute atomic E-state index is 13.1. The van der Waals surface area contributed by atoms with Crippen LogP contribution in [-0.2, 0) is 17.1 Å². The molecule has 4 rings (SSSR count). The molecule has 0 bridgehead atoms. The highest BCUT2D eigenvalue weighted by Gasteiger charge is 2.25. The van der Waals surface area contributed by atoms with Crippen LogP contribution in [0.2, 0.25) is 0 Å². The van der Waals surface area contributed by atoms with E-state index >= 15 is 0 Å². The Labute approximate surface area is 195 Å². The first-order valence-electron chi connectivity index (χ1n) is 11.2. The van der Waals surface area contributed by atoms with E-state index in [1.807, 2.05) is 27.1 Å². The van der Waals surface area contributed by atoms with Crippen LogP contribution < -0.4 is 10.5 Å². The number of likely N-dealkylation sites (tertiary alicyclic amines) is 1. The van der Waals surface area contributed by atoms with Crippen molar-refractivity contribution in [2.45, 2.75) is 44.6 Å². The molecular weight excluding hydrogens is 438 g/mol. The van der Waals surface area contributed by atoms with Crippen molar-refractivity contribution in [1.82, 2.24) is 29.4 Å². The van der Waals surface area contributed by atoms with Gasteiger partial charge in [-0.2, -0.15) is 5.10 Å². The molecule has 9 nitrogen and oxygen atoms in total. The Hall–Kier alpha value is -2.82. The van der Waals surface area contributed by atoms with E-state index in [1.54, 1.807) is 29.1 Å². The zero-order valence-corrected chi connectivity index (χ0v) is 20.4. The number of hydrogen-bond donors (Lipinski definition) is 2. The van der Waals surface area contributed by atoms with Crippen molar-refractivity contribution in [3.63, 3.8) is 0 Å². The fraction of sp³-hybridized carbons (Fsp3) is 0.435. The maximum Gasteiger partial charge on any atom is 0.240 e. The number of nitrogens with zero attached hydrogens (tertiary/aromatic N) is 5. The number of hydrogen-bond acceptors (Lipinski definition) is 7. The monoisotopic (exact) mass is 469 g/mol. The van der Waals surface area contributed by atoms with Crippen LogP contribution in [0.3, 0.4) is 0 Å². The molecule has 33 heavy (non-hydrogen) atoms. The van der Waals surface area contributed by atoms with Crippen molar-refractivity contribution in [2.24, 2.45) is 7.05 Å². The van der Waals surface area contributed by atoms with Gasteiger partial charge in [-0.05, 0) is 57.5 Å². The minimum absolute atomic E-state index is 0.210. The summed E-state index contributed by atoms with van der Waals surface area (Å²) < 4.78 is 30.6. The van der Waals surface area contributed by atoms with Gasteiger partial charge in [-0.1, -0.05) is 13.0 Å². The molecule has 3 N–H and O–H groups in total. The SMILES string of the molecule is CCN1CCC[C@H]1CNS(=O)(=O)c1ccc(C)c(-c2cnc(N)c(-c3cn(C)nc3C)n2)c1. The Bertz CT molecular complexity index is 1270. The number of nitrogen functional groups attached to an aromatic ring is 1. The average molecular weight is 470 g/mol. The quantitative estimate of drug-likeness (QED) is 0.546. The van der Waals surface area contributed by atoms with Crippen LogP contribution in [0.1, 0.15) is 31.0 Å². The Morgan fingerprint density at radius 3 is 2.73 bits per heavy atom. The summed E-state index contributed by atoms with van der Waals surface area (Å²) in [6.07, 6.45) is 5.53. The van der Waals surface area contributed by atoms with Crippen LogP contribution in [0.25, 0.3) is 22.5 Å². The van der Waals surface area contributed by atoms with E-state index in [0.29, 0.717) is 29.3 Å². The van der Waals surface area contributed by atoms with Crippen LogP contribution in [-0.4, -0.2) is 58.7 Å². The summed E-state index contributed by atoms with van der Waals surface area (Å²) in [5.41, 5.74) is 10.4. The van der Waals surface area contributed by atoms with Gasteiger partial charge in [0.2, 0.25) is 10.0 Å². The molecule has 176 valence electrons. The maximum atomic E-state index is 13.1. The topological polar surface area (TPSA) is 119 Å². The predicted octanol–water partition coefficient (Wildman–Crippen LogP) is 2.51. The van der Waals surface area contributed by atoms with E-state index in [1.165, 1.54) is 0 Å². The summed E-state index contributed by atoms with van der Waals surface area (Å²) in [7, 11) is -1.83. The fourth-order valence-electron chi connectivity index (χ4n) is 4.43. The molecule has 1 atom stereocenters. The van der Waals surface area contributed by atoms with Crippen LogP contribution in [0.4, 0.5) is 5.82 Å². The Kier molecular flexibility index (Phi) is 6.51. The molecule has 0 unspecified atom stereocenters. The molecule has 0 saturated carbocycles. The lowest BCUT2D eigenvalue weighted by Crippen LogP contribution is -2.40. The summed E-state index contributed by atoms with van der Waals surface area (Å²) in [6, 6.07) is 5.32. The lowest BCUT2D eigenvalue weighted by molar-refractivity contribution is 0.268. The van der Waals surface area contributed by atoms with Crippen LogP contribution >= 0.6 is 0 Å². The first-order valence-corrected chi connectivity index (χ1v) is 12.7. The molecule has 1 saturated heterocycles. The highest BCUT2D eigenvalue weighted by molar-refractivity contribution is 7.89. The first kappa shape index (κ1) is 23.3. The van der Waals surface area contributed by atoms with E-state index in [0.717, 1.165) is 42.8 Å². The Balaban J connectivity index is 1.65. The predicted molar refractivity (Wildman–Crippen MR) is 129 cm³/mol. The lowest BCUT2D eigenvalue weighted by Gasteiger charge is -2.23. The molecule has 0 radical (unpaired) electrons. The van der Waals surface area contributed by atoms with Crippen LogP contribution in [0.5, 0.6) is 0 Å². The van der Waals surface area contributed by atoms with Gasteiger partial charge in [0.1, 0.15) is 11.5 Å². The largest absolute Gasteiger partial charge is 0.382 e. The molecular formula is C23H31N7O2S. The normalized spacial score (nSPS) is 17.0. The third-order valence-corrected chi connectivity index (χ3v) is 7.70. The average Bonchev–Trinajstić information content (AvgIpc) is 3.38. The van der Waals surface area contributed by atoms with Gasteiger partial charge in [0.05, 0.1) is 22.5 Å². The third kappa shape index (κ3) is 4.78. The molecule has 1 aliphatic rings. The minimum Gasteiger partial charge on any atom is -0.382 e. The van der Waals surface area contributed by atoms with Crippen molar-refractivity contribution in [2.75, 3.05) is 25.4 Å². The number of anilines is 1. The zero-order chi connectivity index (χ0) is 23.8. The van der Waals surface area contributed by atoms with E-state index < -0.39 is 10.0 Å². The van der Waals surface area contributed by atoms with E-state index in [2.05, 4.69) is 26.6 Å². The highest BCUT2D eigenvalue weighted by atomic mass is 32.2. The summed E-state index contributed by atoms with van der Waals surface area (Å²) >= 11 is 0. The van der Waals surface area contributed by atoms with Gasteiger partial charge in [0, 0.05) is 37.0 Å². The molecule has 3 aromatic rings. The Morgan fingerprint density at radius 2 is 2.03 bits per heavy atom. The van der Waals surface area contributed by atoms with Crippen molar-refractivity contribution in [1.29, 1.82) is 0 Å². The third-order valence-electron chi connectivity index (χ3n) is 6.28. The number of aromatic nitrogens is 4. The van der Waals surface area contributed by atoms with Crippen molar-refractivity contribution in [3.05, 3.63) is 41.9 Å². The molecule has 1 fully saturated rings. The van der Waals surface area contributed by atoms with Gasteiger partial charge >= 0.3 is 0 Å². The van der Waals surface area contributed by atoms with Gasteiger partial charge in [-0.15, -0.1) is 0 Å². The zero-order valence-electron chi connectivity index (χ0n) is 19.5. The number of rotatable bonds is 7. The number of sulfonamides is 1. The second-order valence-electron chi connectivity index (χ2n) is 8.54. The summed E-state index contributed by atoms with van der Waals surface area (Å²) in [4.78, 5) is 11.6. The summed E-state index contributed by atoms with van der Waals surface area (Å²) in [6.45, 7) is 8.27. The van der Waals surface area contributed by atoms with E-state index in [-0.39, 0.29) is 10.9 Å². The molecule has 1 aromatic carbocycles. The fourth-order valence-corrected chi connectivity index (χ4v) is 5.53. The number of aryl methyl sites for hydroxylation is 3. The van der Waals surface area contributed by atoms with E-state index in [9.17, 15) is 8.42 Å². The molecule has 1 aliphatic heterocycles. The first-order chi connectivity index (χ1) is 15.7. The molecule has 3 heterocycles. The second kappa shape index (κ2) is 9.20. The van der Waals surface area contributed by atoms with Crippen molar-refractivity contribution in [3.8, 4) is 22.5 Å². The summed E-state index contributed by atoms with van der Waals surface area (Å²) in [5.74, 6) is 0.301. The number of likely N-dealkylation sites (N-methyl/N-ethyl adjacent to an activating group) is 1. The minimum atomic E-state index is -3.66. The van der Waals surface area contributed by atoms with Gasteiger partial charge < -0.3 is 5.73 Å². The highest BCUT2D eigenvalue weighted by Crippen LogP contribution is 2.30. The molecule has 0 aliphatic carbocycles. The standard InChI is InChI=1S/C23H31N7O2S/c1-5-30-10-6-7-17(30)12-26-33(31,32)18-9-8-15(2)19(11-18)21-13-25-23(24)22(27-21)20-14-29(4)28-16(20)3/h8-9,11,13-14,17,26H,5-7,10,12H2,1-4H3,(H2,24,25)/t17-/m0/s1. The Morgan fingerprint density at radius 1 is 1.24 bits per heavy atom. The van der Waals surface area contributed by atoms with Crippen LogP contribution in [0, 0.1) is 13.8 Å². The van der Waals surface area contributed by atoms with Gasteiger partial charge in [-0.3, -0.25) is 9.58 Å². The molecule has 10 heteroatoms. The van der Waals surface area contributed by atoms with E-state index in [4.69, 9.17) is 10.7 Å². The summed E-state index contributed by atoms with van der Waals surface area (Å²) in [5, 5.41) is 4.36. The number of benzene rings is 1. The number of nitrogens with one attached hydrogen (secondary N) is 1. The molecule has 0 amide bonds. The molecule has 2 aromatic heterocycles. The van der Waals surface area contributed by atoms with Gasteiger partial charge in [0.15, 0.2) is 0 Å². The van der Waals surface area contributed by atoms with Crippen molar-refractivity contribution < 1.29 is 8.42 Å². The lowest BCUT2D eigenvalue weighted by atomic mass is 10.1.